The Bertz CT molecular complexity index is 1390. The van der Waals surface area contributed by atoms with Gasteiger partial charge in [-0.05, 0) is 56.7 Å². The van der Waals surface area contributed by atoms with E-state index in [0.717, 1.165) is 55.6 Å². The van der Waals surface area contributed by atoms with Crippen molar-refractivity contribution in [3.8, 4) is 0 Å². The van der Waals surface area contributed by atoms with E-state index in [2.05, 4.69) is 15.3 Å². The molecule has 5 rings (SSSR count). The summed E-state index contributed by atoms with van der Waals surface area (Å²) in [5.41, 5.74) is -0.0770. The fourth-order valence-electron chi connectivity index (χ4n) is 5.91. The number of aryl methyl sites for hydroxylation is 1. The Labute approximate surface area is 233 Å². The zero-order valence-corrected chi connectivity index (χ0v) is 22.3. The number of carbonyl (C=O) groups excluding carboxylic acids is 4. The Kier molecular flexibility index (Phi) is 8.20. The van der Waals surface area contributed by atoms with Gasteiger partial charge in [-0.2, -0.15) is 5.10 Å². The van der Waals surface area contributed by atoms with Gasteiger partial charge in [0.05, 0.1) is 22.1 Å². The number of nitro groups is 1. The molecule has 14 heteroatoms. The maximum absolute atomic E-state index is 13.2. The van der Waals surface area contributed by atoms with Gasteiger partial charge in [-0.1, -0.05) is 18.6 Å². The van der Waals surface area contributed by atoms with Gasteiger partial charge in [-0.25, -0.2) is 8.78 Å². The first-order chi connectivity index (χ1) is 19.7. The van der Waals surface area contributed by atoms with Crippen LogP contribution in [0.5, 0.6) is 0 Å². The van der Waals surface area contributed by atoms with Gasteiger partial charge in [0, 0.05) is 19.5 Å². The van der Waals surface area contributed by atoms with Crippen molar-refractivity contribution in [3.05, 3.63) is 56.9 Å². The summed E-state index contributed by atoms with van der Waals surface area (Å²) in [6.07, 6.45) is 2.75. The first-order valence-electron chi connectivity index (χ1n) is 13.7. The highest BCUT2D eigenvalue weighted by Crippen LogP contribution is 2.32. The number of nitrogens with zero attached hydrogens (tertiary/aromatic N) is 5. The third kappa shape index (κ3) is 5.73. The second-order valence-electron chi connectivity index (χ2n) is 10.6. The van der Waals surface area contributed by atoms with Crippen molar-refractivity contribution in [1.82, 2.24) is 24.9 Å². The lowest BCUT2D eigenvalue weighted by atomic mass is 9.98. The Morgan fingerprint density at radius 3 is 2.46 bits per heavy atom. The number of fused-ring (bicyclic) bond motifs is 1. The van der Waals surface area contributed by atoms with Crippen LogP contribution in [-0.4, -0.2) is 73.8 Å². The van der Waals surface area contributed by atoms with Crippen molar-refractivity contribution in [3.63, 3.8) is 0 Å². The average Bonchev–Trinajstić information content (AvgIpc) is 3.50. The second-order valence-corrected chi connectivity index (χ2v) is 10.6. The highest BCUT2D eigenvalue weighted by molar-refractivity contribution is 6.24. The summed E-state index contributed by atoms with van der Waals surface area (Å²) in [5.74, 6) is -2.06. The highest BCUT2D eigenvalue weighted by Gasteiger charge is 2.45. The van der Waals surface area contributed by atoms with Crippen LogP contribution in [0.4, 0.5) is 14.5 Å². The van der Waals surface area contributed by atoms with Crippen LogP contribution < -0.4 is 5.32 Å². The molecule has 0 radical (unpaired) electrons. The molecule has 4 heterocycles. The molecule has 3 aliphatic heterocycles. The lowest BCUT2D eigenvalue weighted by Crippen LogP contribution is -2.54. The number of nitrogens with one attached hydrogen (secondary N) is 1. The third-order valence-electron chi connectivity index (χ3n) is 8.05. The topological polar surface area (TPSA) is 148 Å². The van der Waals surface area contributed by atoms with Gasteiger partial charge < -0.3 is 4.90 Å². The van der Waals surface area contributed by atoms with Crippen LogP contribution in [0.2, 0.25) is 0 Å². The maximum atomic E-state index is 13.2. The first-order valence-corrected chi connectivity index (χ1v) is 13.7. The number of aromatic nitrogens is 2. The number of unbranched alkanes of at least 4 members (excludes halogenated alkanes) is 2. The molecule has 0 bridgehead atoms. The van der Waals surface area contributed by atoms with E-state index in [1.54, 1.807) is 12.1 Å². The molecule has 1 aromatic carbocycles. The summed E-state index contributed by atoms with van der Waals surface area (Å²) in [4.78, 5) is 63.5. The van der Waals surface area contributed by atoms with E-state index in [-0.39, 0.29) is 24.4 Å². The Hall–Kier alpha value is -4.07. The van der Waals surface area contributed by atoms with E-state index in [1.807, 2.05) is 6.07 Å². The lowest BCUT2D eigenvalue weighted by Gasteiger charge is -2.31. The van der Waals surface area contributed by atoms with Gasteiger partial charge in [-0.15, -0.1) is 0 Å². The second kappa shape index (κ2) is 11.8. The SMILES string of the molecule is O=C1CCC(N2C(=O)c3cccc(CCCCCN4CCC(n5cc([N+](=O)[O-])c(C(F)F)n5)CC4)c3C2=O)C(=O)N1. The molecule has 0 aliphatic carbocycles. The van der Waals surface area contributed by atoms with E-state index >= 15 is 0 Å². The predicted octanol–water partition coefficient (Wildman–Crippen LogP) is 3.18. The average molecular weight is 573 g/mol. The van der Waals surface area contributed by atoms with Crippen LogP contribution in [-0.2, 0) is 16.0 Å². The Morgan fingerprint density at radius 2 is 1.80 bits per heavy atom. The summed E-state index contributed by atoms with van der Waals surface area (Å²) >= 11 is 0. The van der Waals surface area contributed by atoms with Crippen molar-refractivity contribution >= 4 is 29.3 Å². The number of alkyl halides is 2. The van der Waals surface area contributed by atoms with E-state index in [4.69, 9.17) is 0 Å². The van der Waals surface area contributed by atoms with Crippen LogP contribution in [0.3, 0.4) is 0 Å². The maximum Gasteiger partial charge on any atom is 0.316 e. The molecule has 4 amide bonds. The molecule has 2 saturated heterocycles. The van der Waals surface area contributed by atoms with E-state index < -0.39 is 52.4 Å². The molecule has 0 saturated carbocycles. The number of likely N-dealkylation sites (tertiary alicyclic amines) is 1. The fourth-order valence-corrected chi connectivity index (χ4v) is 5.91. The summed E-state index contributed by atoms with van der Waals surface area (Å²) in [5, 5.41) is 17.1. The number of carbonyl (C=O) groups is 4. The molecule has 1 aromatic heterocycles. The Morgan fingerprint density at radius 1 is 1.05 bits per heavy atom. The zero-order chi connectivity index (χ0) is 29.3. The van der Waals surface area contributed by atoms with Gasteiger partial charge >= 0.3 is 5.69 Å². The van der Waals surface area contributed by atoms with Crippen LogP contribution in [0.15, 0.2) is 24.4 Å². The molecular formula is C27H30F2N6O6. The number of halogens is 2. The van der Waals surface area contributed by atoms with Gasteiger partial charge in [-0.3, -0.25) is 44.2 Å². The molecule has 41 heavy (non-hydrogen) atoms. The summed E-state index contributed by atoms with van der Waals surface area (Å²) in [6, 6.07) is 3.98. The quantitative estimate of drug-likeness (QED) is 0.198. The molecule has 0 spiro atoms. The van der Waals surface area contributed by atoms with E-state index in [9.17, 15) is 38.1 Å². The van der Waals surface area contributed by atoms with Gasteiger partial charge in [0.2, 0.25) is 17.5 Å². The third-order valence-corrected chi connectivity index (χ3v) is 8.05. The minimum Gasteiger partial charge on any atom is -0.303 e. The van der Waals surface area contributed by atoms with Crippen LogP contribution >= 0.6 is 0 Å². The van der Waals surface area contributed by atoms with Crippen LogP contribution in [0.25, 0.3) is 0 Å². The predicted molar refractivity (Wildman–Crippen MR) is 139 cm³/mol. The minimum atomic E-state index is -3.00. The summed E-state index contributed by atoms with van der Waals surface area (Å²) < 4.78 is 27.5. The van der Waals surface area contributed by atoms with Gasteiger partial charge in [0.25, 0.3) is 18.2 Å². The van der Waals surface area contributed by atoms with Crippen molar-refractivity contribution in [1.29, 1.82) is 0 Å². The first kappa shape index (κ1) is 28.5. The smallest absolute Gasteiger partial charge is 0.303 e. The van der Waals surface area contributed by atoms with Gasteiger partial charge in [0.1, 0.15) is 12.2 Å². The van der Waals surface area contributed by atoms with E-state index in [1.165, 1.54) is 4.68 Å². The number of benzene rings is 1. The lowest BCUT2D eigenvalue weighted by molar-refractivity contribution is -0.386. The zero-order valence-electron chi connectivity index (χ0n) is 22.3. The molecule has 1 unspecified atom stereocenters. The number of piperidine rings is 2. The molecule has 1 atom stereocenters. The monoisotopic (exact) mass is 572 g/mol. The molecule has 2 aromatic rings. The Balaban J connectivity index is 1.09. The fraction of sp³-hybridized carbons (Fsp3) is 0.519. The van der Waals surface area contributed by atoms with Gasteiger partial charge in [0.15, 0.2) is 0 Å². The number of hydrogen-bond acceptors (Lipinski definition) is 8. The molecule has 3 aliphatic rings. The normalized spacial score (nSPS) is 20.2. The molecule has 12 nitrogen and oxygen atoms in total. The number of rotatable bonds is 10. The van der Waals surface area contributed by atoms with Crippen LogP contribution in [0, 0.1) is 10.1 Å². The number of hydrogen-bond donors (Lipinski definition) is 1. The highest BCUT2D eigenvalue weighted by atomic mass is 19.3. The molecule has 218 valence electrons. The van der Waals surface area contributed by atoms with Crippen molar-refractivity contribution in [2.24, 2.45) is 0 Å². The number of imide groups is 2. The summed E-state index contributed by atoms with van der Waals surface area (Å²) in [7, 11) is 0. The van der Waals surface area contributed by atoms with Crippen LogP contribution in [0.1, 0.15) is 89.4 Å². The van der Waals surface area contributed by atoms with Crippen molar-refractivity contribution in [2.45, 2.75) is 69.9 Å². The van der Waals surface area contributed by atoms with E-state index in [0.29, 0.717) is 24.8 Å². The summed E-state index contributed by atoms with van der Waals surface area (Å²) in [6.45, 7) is 2.28. The van der Waals surface area contributed by atoms with Crippen molar-refractivity contribution in [2.75, 3.05) is 19.6 Å². The number of amides is 4. The minimum absolute atomic E-state index is 0.0692. The standard InChI is InChI=1S/C27H30F2N6O6/c28-24(29)23-20(35(40)41)15-33(31-23)17-10-13-32(14-11-17)12-3-1-2-5-16-6-4-7-18-22(16)27(39)34(26(18)38)19-8-9-21(36)30-25(19)37/h4,6-7,15,17,19,24H,1-3,5,8-14H2,(H,30,36,37). The molecule has 2 fully saturated rings. The van der Waals surface area contributed by atoms with Crippen molar-refractivity contribution < 1.29 is 32.9 Å². The largest absolute Gasteiger partial charge is 0.316 e. The molecular weight excluding hydrogens is 542 g/mol. The molecule has 1 N–H and O–H groups in total.